The van der Waals surface area contributed by atoms with E-state index in [1.54, 1.807) is 7.11 Å². The van der Waals surface area contributed by atoms with E-state index in [0.29, 0.717) is 18.0 Å². The van der Waals surface area contributed by atoms with E-state index in [9.17, 15) is 4.79 Å². The zero-order chi connectivity index (χ0) is 15.7. The normalized spacial score (nSPS) is 10.5. The summed E-state index contributed by atoms with van der Waals surface area (Å²) in [6.45, 7) is 7.62. The average molecular weight is 294 g/mol. The quantitative estimate of drug-likeness (QED) is 0.685. The monoisotopic (exact) mass is 294 g/mol. The van der Waals surface area contributed by atoms with Crippen molar-refractivity contribution in [1.82, 2.24) is 10.6 Å². The van der Waals surface area contributed by atoms with Crippen LogP contribution in [0.4, 0.5) is 0 Å². The highest BCUT2D eigenvalue weighted by Crippen LogP contribution is 2.24. The molecule has 5 heteroatoms. The molecule has 0 atom stereocenters. The van der Waals surface area contributed by atoms with Crippen LogP contribution in [0.2, 0.25) is 0 Å². The van der Waals surface area contributed by atoms with Crippen molar-refractivity contribution in [3.05, 3.63) is 23.8 Å². The molecule has 1 aromatic carbocycles. The molecule has 0 bridgehead atoms. The molecule has 5 nitrogen and oxygen atoms in total. The Hall–Kier alpha value is -1.75. The number of carbonyl (C=O) groups excluding carboxylic acids is 1. The molecule has 0 aliphatic rings. The van der Waals surface area contributed by atoms with Gasteiger partial charge in [-0.05, 0) is 32.9 Å². The van der Waals surface area contributed by atoms with E-state index >= 15 is 0 Å². The Morgan fingerprint density at radius 3 is 2.71 bits per heavy atom. The van der Waals surface area contributed by atoms with Crippen molar-refractivity contribution in [2.45, 2.75) is 39.8 Å². The summed E-state index contributed by atoms with van der Waals surface area (Å²) in [6.07, 6.45) is 1.07. The minimum atomic E-state index is -0.125. The molecule has 0 aliphatic heterocycles. The molecular weight excluding hydrogens is 268 g/mol. The fourth-order valence-electron chi connectivity index (χ4n) is 1.85. The van der Waals surface area contributed by atoms with Gasteiger partial charge in [0.15, 0.2) is 6.61 Å². The first-order valence-electron chi connectivity index (χ1n) is 7.36. The van der Waals surface area contributed by atoms with Gasteiger partial charge in [-0.1, -0.05) is 13.0 Å². The smallest absolute Gasteiger partial charge is 0.258 e. The maximum atomic E-state index is 11.7. The Morgan fingerprint density at radius 1 is 1.33 bits per heavy atom. The second-order valence-corrected chi connectivity index (χ2v) is 5.16. The molecule has 1 aromatic rings. The molecule has 0 aromatic heterocycles. The van der Waals surface area contributed by atoms with Gasteiger partial charge in [0.25, 0.3) is 5.91 Å². The molecule has 0 saturated carbocycles. The van der Waals surface area contributed by atoms with Gasteiger partial charge >= 0.3 is 0 Å². The summed E-state index contributed by atoms with van der Waals surface area (Å²) in [6, 6.07) is 5.77. The third-order valence-corrected chi connectivity index (χ3v) is 2.82. The summed E-state index contributed by atoms with van der Waals surface area (Å²) in [5, 5.41) is 6.13. The zero-order valence-corrected chi connectivity index (χ0v) is 13.4. The van der Waals surface area contributed by atoms with Gasteiger partial charge in [-0.3, -0.25) is 4.79 Å². The van der Waals surface area contributed by atoms with E-state index in [4.69, 9.17) is 9.47 Å². The lowest BCUT2D eigenvalue weighted by Gasteiger charge is -2.14. The predicted octanol–water partition coefficient (Wildman–Crippen LogP) is 2.10. The van der Waals surface area contributed by atoms with Gasteiger partial charge in [0.1, 0.15) is 11.5 Å². The van der Waals surface area contributed by atoms with Gasteiger partial charge in [-0.25, -0.2) is 0 Å². The fraction of sp³-hybridized carbons (Fsp3) is 0.562. The highest BCUT2D eigenvalue weighted by Gasteiger charge is 2.09. The van der Waals surface area contributed by atoms with Crippen LogP contribution >= 0.6 is 0 Å². The van der Waals surface area contributed by atoms with Crippen LogP contribution in [0.5, 0.6) is 11.5 Å². The summed E-state index contributed by atoms with van der Waals surface area (Å²) in [7, 11) is 1.61. The molecule has 0 radical (unpaired) electrons. The van der Waals surface area contributed by atoms with Crippen LogP contribution in [0, 0.1) is 0 Å². The topological polar surface area (TPSA) is 59.6 Å². The minimum Gasteiger partial charge on any atom is -0.497 e. The first-order chi connectivity index (χ1) is 10.1. The third-order valence-electron chi connectivity index (χ3n) is 2.82. The Labute approximate surface area is 127 Å². The maximum Gasteiger partial charge on any atom is 0.258 e. The van der Waals surface area contributed by atoms with Crippen LogP contribution in [0.25, 0.3) is 0 Å². The molecule has 0 saturated heterocycles. The molecule has 1 amide bonds. The van der Waals surface area contributed by atoms with Crippen molar-refractivity contribution >= 4 is 5.91 Å². The molecule has 118 valence electrons. The van der Waals surface area contributed by atoms with Crippen LogP contribution in [0.15, 0.2) is 18.2 Å². The summed E-state index contributed by atoms with van der Waals surface area (Å²) in [5.41, 5.74) is 1.02. The van der Waals surface area contributed by atoms with Crippen molar-refractivity contribution in [2.75, 3.05) is 20.3 Å². The highest BCUT2D eigenvalue weighted by atomic mass is 16.5. The maximum absolute atomic E-state index is 11.7. The molecule has 0 heterocycles. The van der Waals surface area contributed by atoms with E-state index in [0.717, 1.165) is 18.5 Å². The predicted molar refractivity (Wildman–Crippen MR) is 83.8 cm³/mol. The van der Waals surface area contributed by atoms with Crippen LogP contribution < -0.4 is 20.1 Å². The van der Waals surface area contributed by atoms with Gasteiger partial charge in [0.2, 0.25) is 0 Å². The Kier molecular flexibility index (Phi) is 7.61. The first-order valence-corrected chi connectivity index (χ1v) is 7.36. The average Bonchev–Trinajstić information content (AvgIpc) is 2.45. The standard InChI is InChI=1S/C16H26N2O3/c1-5-8-17-10-13-6-7-14(20-4)9-15(13)21-11-16(19)18-12(2)3/h6-7,9,12,17H,5,8,10-11H2,1-4H3,(H,18,19). The number of hydrogen-bond donors (Lipinski definition) is 2. The van der Waals surface area contributed by atoms with Gasteiger partial charge < -0.3 is 20.1 Å². The molecule has 0 unspecified atom stereocenters. The van der Waals surface area contributed by atoms with Crippen molar-refractivity contribution in [2.24, 2.45) is 0 Å². The van der Waals surface area contributed by atoms with Crippen molar-refractivity contribution in [3.8, 4) is 11.5 Å². The lowest BCUT2D eigenvalue weighted by atomic mass is 10.2. The molecule has 0 spiro atoms. The van der Waals surface area contributed by atoms with E-state index in [2.05, 4.69) is 17.6 Å². The largest absolute Gasteiger partial charge is 0.497 e. The van der Waals surface area contributed by atoms with Crippen molar-refractivity contribution in [1.29, 1.82) is 0 Å². The van der Waals surface area contributed by atoms with Crippen molar-refractivity contribution < 1.29 is 14.3 Å². The summed E-state index contributed by atoms with van der Waals surface area (Å²) < 4.78 is 10.8. The molecule has 0 aliphatic carbocycles. The summed E-state index contributed by atoms with van der Waals surface area (Å²) in [4.78, 5) is 11.7. The van der Waals surface area contributed by atoms with Gasteiger partial charge in [0.05, 0.1) is 7.11 Å². The minimum absolute atomic E-state index is 0.00608. The third kappa shape index (κ3) is 6.49. The van der Waals surface area contributed by atoms with Gasteiger partial charge in [-0.2, -0.15) is 0 Å². The Balaban J connectivity index is 2.69. The Morgan fingerprint density at radius 2 is 2.10 bits per heavy atom. The van der Waals surface area contributed by atoms with E-state index in [1.165, 1.54) is 0 Å². The van der Waals surface area contributed by atoms with E-state index in [1.807, 2.05) is 32.0 Å². The number of methoxy groups -OCH3 is 1. The number of carbonyl (C=O) groups is 1. The summed E-state index contributed by atoms with van der Waals surface area (Å²) in [5.74, 6) is 1.27. The van der Waals surface area contributed by atoms with Gasteiger partial charge in [0, 0.05) is 24.2 Å². The lowest BCUT2D eigenvalue weighted by molar-refractivity contribution is -0.123. The first kappa shape index (κ1) is 17.3. The molecular formula is C16H26N2O3. The van der Waals surface area contributed by atoms with Crippen LogP contribution in [-0.4, -0.2) is 32.2 Å². The Bertz CT molecular complexity index is 447. The highest BCUT2D eigenvalue weighted by molar-refractivity contribution is 5.77. The number of rotatable bonds is 9. The summed E-state index contributed by atoms with van der Waals surface area (Å²) >= 11 is 0. The van der Waals surface area contributed by atoms with Crippen LogP contribution in [0.1, 0.15) is 32.8 Å². The molecule has 21 heavy (non-hydrogen) atoms. The number of benzene rings is 1. The molecule has 0 fully saturated rings. The molecule has 2 N–H and O–H groups in total. The number of amides is 1. The van der Waals surface area contributed by atoms with Crippen molar-refractivity contribution in [3.63, 3.8) is 0 Å². The van der Waals surface area contributed by atoms with Crippen LogP contribution in [0.3, 0.4) is 0 Å². The second-order valence-electron chi connectivity index (χ2n) is 5.16. The fourth-order valence-corrected chi connectivity index (χ4v) is 1.85. The lowest BCUT2D eigenvalue weighted by Crippen LogP contribution is -2.34. The second kappa shape index (κ2) is 9.23. The molecule has 1 rings (SSSR count). The van der Waals surface area contributed by atoms with E-state index in [-0.39, 0.29) is 18.6 Å². The van der Waals surface area contributed by atoms with E-state index < -0.39 is 0 Å². The number of ether oxygens (including phenoxy) is 2. The zero-order valence-electron chi connectivity index (χ0n) is 13.4. The van der Waals surface area contributed by atoms with Gasteiger partial charge in [-0.15, -0.1) is 0 Å². The number of nitrogens with one attached hydrogen (secondary N) is 2. The number of hydrogen-bond acceptors (Lipinski definition) is 4. The van der Waals surface area contributed by atoms with Crippen LogP contribution in [-0.2, 0) is 11.3 Å². The SMILES string of the molecule is CCCNCc1ccc(OC)cc1OCC(=O)NC(C)C.